The molecule has 0 aliphatic carbocycles. The van der Waals surface area contributed by atoms with Gasteiger partial charge in [0.2, 0.25) is 5.82 Å². The second-order valence-corrected chi connectivity index (χ2v) is 5.92. The summed E-state index contributed by atoms with van der Waals surface area (Å²) in [6.07, 6.45) is 1.70. The lowest BCUT2D eigenvalue weighted by Crippen LogP contribution is -2.24. The van der Waals surface area contributed by atoms with Gasteiger partial charge in [-0.3, -0.25) is 4.79 Å². The molecule has 0 bridgehead atoms. The van der Waals surface area contributed by atoms with Crippen LogP contribution in [0, 0.1) is 13.8 Å². The number of carbonyl (C=O) groups excluding carboxylic acids is 1. The summed E-state index contributed by atoms with van der Waals surface area (Å²) in [5, 5.41) is 10.7. The Morgan fingerprint density at radius 3 is 3.04 bits per heavy atom. The predicted octanol–water partition coefficient (Wildman–Crippen LogP) is 0.906. The number of nitrogens with zero attached hydrogens (tertiary/aromatic N) is 6. The average Bonchev–Trinajstić information content (AvgIpc) is 3.31. The zero-order valence-electron chi connectivity index (χ0n) is 13.9. The van der Waals surface area contributed by atoms with Crippen molar-refractivity contribution in [2.24, 2.45) is 0 Å². The van der Waals surface area contributed by atoms with E-state index in [0.29, 0.717) is 24.1 Å². The highest BCUT2D eigenvalue weighted by Gasteiger charge is 2.24. The van der Waals surface area contributed by atoms with Crippen molar-refractivity contribution in [2.75, 3.05) is 6.61 Å². The van der Waals surface area contributed by atoms with Crippen LogP contribution in [-0.4, -0.2) is 42.2 Å². The molecule has 0 radical (unpaired) electrons. The molecule has 1 amide bonds. The van der Waals surface area contributed by atoms with Gasteiger partial charge in [0.15, 0.2) is 5.82 Å². The molecule has 0 aromatic carbocycles. The molecule has 1 aliphatic heterocycles. The van der Waals surface area contributed by atoms with Crippen molar-refractivity contribution < 1.29 is 14.1 Å². The zero-order chi connectivity index (χ0) is 17.4. The minimum absolute atomic E-state index is 0.0454. The van der Waals surface area contributed by atoms with Gasteiger partial charge in [0.1, 0.15) is 6.10 Å². The van der Waals surface area contributed by atoms with Crippen molar-refractivity contribution in [1.82, 2.24) is 35.0 Å². The van der Waals surface area contributed by atoms with Gasteiger partial charge < -0.3 is 14.6 Å². The summed E-state index contributed by atoms with van der Waals surface area (Å²) in [6.45, 7) is 4.56. The maximum atomic E-state index is 12.3. The molecule has 10 nitrogen and oxygen atoms in total. The summed E-state index contributed by atoms with van der Waals surface area (Å²) in [5.74, 6) is 0.841. The highest BCUT2D eigenvalue weighted by molar-refractivity contribution is 5.90. The molecule has 4 heterocycles. The van der Waals surface area contributed by atoms with E-state index >= 15 is 0 Å². The number of aromatic nitrogens is 6. The molecule has 4 rings (SSSR count). The standard InChI is InChI=1S/C15H17N7O3/c1-8-6-9(2)22-15(17-8)19-12(20-22)13(23)16-7-11-18-14(25-21-11)10-4-3-5-24-10/h6,10H,3-5,7H2,1-2H3,(H,16,23)/t10-/m0/s1. The van der Waals surface area contributed by atoms with Crippen LogP contribution in [-0.2, 0) is 11.3 Å². The first kappa shape index (κ1) is 15.6. The average molecular weight is 343 g/mol. The van der Waals surface area contributed by atoms with E-state index in [1.807, 2.05) is 19.9 Å². The molecule has 10 heteroatoms. The first-order valence-electron chi connectivity index (χ1n) is 8.03. The minimum atomic E-state index is -0.425. The SMILES string of the molecule is Cc1cc(C)n2nc(C(=O)NCc3noc([C@@H]4CCCO4)n3)nc2n1. The number of hydrogen-bond acceptors (Lipinski definition) is 8. The normalized spacial score (nSPS) is 17.3. The van der Waals surface area contributed by atoms with Crippen molar-refractivity contribution in [1.29, 1.82) is 0 Å². The largest absolute Gasteiger partial charge is 0.368 e. The second-order valence-electron chi connectivity index (χ2n) is 5.92. The summed E-state index contributed by atoms with van der Waals surface area (Å²) in [5.41, 5.74) is 1.67. The second kappa shape index (κ2) is 6.20. The van der Waals surface area contributed by atoms with Crippen LogP contribution in [0.1, 0.15) is 52.7 Å². The fourth-order valence-corrected chi connectivity index (χ4v) is 2.74. The van der Waals surface area contributed by atoms with Gasteiger partial charge in [0.05, 0.1) is 6.54 Å². The van der Waals surface area contributed by atoms with Gasteiger partial charge in [-0.15, -0.1) is 5.10 Å². The van der Waals surface area contributed by atoms with Crippen LogP contribution >= 0.6 is 0 Å². The highest BCUT2D eigenvalue weighted by atomic mass is 16.5. The number of nitrogens with one attached hydrogen (secondary N) is 1. The molecule has 1 N–H and O–H groups in total. The number of fused-ring (bicyclic) bond motifs is 1. The fraction of sp³-hybridized carbons (Fsp3) is 0.467. The zero-order valence-corrected chi connectivity index (χ0v) is 13.9. The lowest BCUT2D eigenvalue weighted by atomic mass is 10.2. The molecule has 1 fully saturated rings. The number of rotatable bonds is 4. The molecular formula is C15H17N7O3. The third kappa shape index (κ3) is 3.07. The fourth-order valence-electron chi connectivity index (χ4n) is 2.74. The minimum Gasteiger partial charge on any atom is -0.368 e. The summed E-state index contributed by atoms with van der Waals surface area (Å²) < 4.78 is 12.2. The third-order valence-electron chi connectivity index (χ3n) is 3.92. The van der Waals surface area contributed by atoms with E-state index in [0.717, 1.165) is 24.2 Å². The van der Waals surface area contributed by atoms with E-state index in [4.69, 9.17) is 9.26 Å². The Labute approximate surface area is 142 Å². The summed E-state index contributed by atoms with van der Waals surface area (Å²) in [6, 6.07) is 1.87. The van der Waals surface area contributed by atoms with Crippen molar-refractivity contribution >= 4 is 11.7 Å². The van der Waals surface area contributed by atoms with Crippen molar-refractivity contribution in [3.63, 3.8) is 0 Å². The Morgan fingerprint density at radius 2 is 2.24 bits per heavy atom. The van der Waals surface area contributed by atoms with Gasteiger partial charge in [-0.1, -0.05) is 5.16 Å². The number of ether oxygens (including phenoxy) is 1. The summed E-state index contributed by atoms with van der Waals surface area (Å²) in [4.78, 5) is 24.9. The lowest BCUT2D eigenvalue weighted by Gasteiger charge is -2.00. The topological polar surface area (TPSA) is 120 Å². The van der Waals surface area contributed by atoms with E-state index in [9.17, 15) is 4.79 Å². The third-order valence-corrected chi connectivity index (χ3v) is 3.92. The maximum absolute atomic E-state index is 12.3. The molecule has 0 spiro atoms. The molecule has 3 aromatic rings. The van der Waals surface area contributed by atoms with Crippen molar-refractivity contribution in [3.8, 4) is 0 Å². The summed E-state index contributed by atoms with van der Waals surface area (Å²) in [7, 11) is 0. The van der Waals surface area contributed by atoms with Crippen LogP contribution in [0.3, 0.4) is 0 Å². The molecule has 1 atom stereocenters. The van der Waals surface area contributed by atoms with Crippen LogP contribution < -0.4 is 5.32 Å². The number of hydrogen-bond donors (Lipinski definition) is 1. The van der Waals surface area contributed by atoms with Gasteiger partial charge in [0, 0.05) is 18.0 Å². The Hall–Kier alpha value is -2.88. The maximum Gasteiger partial charge on any atom is 0.291 e. The monoisotopic (exact) mass is 343 g/mol. The van der Waals surface area contributed by atoms with E-state index in [1.165, 1.54) is 4.52 Å². The molecule has 0 saturated carbocycles. The van der Waals surface area contributed by atoms with Crippen LogP contribution in [0.15, 0.2) is 10.6 Å². The molecule has 1 saturated heterocycles. The molecule has 0 unspecified atom stereocenters. The van der Waals surface area contributed by atoms with E-state index in [1.54, 1.807) is 0 Å². The number of carbonyl (C=O) groups is 1. The van der Waals surface area contributed by atoms with Gasteiger partial charge in [-0.25, -0.2) is 9.50 Å². The Morgan fingerprint density at radius 1 is 1.36 bits per heavy atom. The first-order chi connectivity index (χ1) is 12.1. The first-order valence-corrected chi connectivity index (χ1v) is 8.03. The lowest BCUT2D eigenvalue weighted by molar-refractivity contribution is 0.0835. The molecule has 1 aliphatic rings. The Balaban J connectivity index is 1.44. The molecule has 130 valence electrons. The van der Waals surface area contributed by atoms with Gasteiger partial charge >= 0.3 is 0 Å². The van der Waals surface area contributed by atoms with E-state index in [2.05, 4.69) is 30.5 Å². The predicted molar refractivity (Wildman–Crippen MR) is 83.7 cm³/mol. The van der Waals surface area contributed by atoms with Crippen LogP contribution in [0.25, 0.3) is 5.78 Å². The van der Waals surface area contributed by atoms with Crippen molar-refractivity contribution in [2.45, 2.75) is 39.3 Å². The van der Waals surface area contributed by atoms with Gasteiger partial charge in [0.25, 0.3) is 17.6 Å². The molecule has 25 heavy (non-hydrogen) atoms. The molecular weight excluding hydrogens is 326 g/mol. The van der Waals surface area contributed by atoms with E-state index in [-0.39, 0.29) is 18.5 Å². The Kier molecular flexibility index (Phi) is 3.88. The smallest absolute Gasteiger partial charge is 0.291 e. The highest BCUT2D eigenvalue weighted by Crippen LogP contribution is 2.26. The Bertz CT molecular complexity index is 926. The molecule has 3 aromatic heterocycles. The van der Waals surface area contributed by atoms with Crippen LogP contribution in [0.5, 0.6) is 0 Å². The van der Waals surface area contributed by atoms with E-state index < -0.39 is 5.91 Å². The number of amides is 1. The number of aryl methyl sites for hydroxylation is 2. The van der Waals surface area contributed by atoms with Gasteiger partial charge in [-0.05, 0) is 32.8 Å². The van der Waals surface area contributed by atoms with Crippen LogP contribution in [0.4, 0.5) is 0 Å². The van der Waals surface area contributed by atoms with Gasteiger partial charge in [-0.2, -0.15) is 9.97 Å². The quantitative estimate of drug-likeness (QED) is 0.742. The summed E-state index contributed by atoms with van der Waals surface area (Å²) >= 11 is 0. The van der Waals surface area contributed by atoms with Crippen molar-refractivity contribution in [3.05, 3.63) is 35.0 Å². The van der Waals surface area contributed by atoms with Crippen LogP contribution in [0.2, 0.25) is 0 Å².